The van der Waals surface area contributed by atoms with Crippen molar-refractivity contribution < 1.29 is 4.79 Å². The molecule has 2 saturated heterocycles. The Bertz CT molecular complexity index is 807. The molecule has 0 spiro atoms. The minimum Gasteiger partial charge on any atom is -0.351 e. The number of nitrogens with zero attached hydrogens (tertiary/aromatic N) is 3. The van der Waals surface area contributed by atoms with Crippen LogP contribution in [0.25, 0.3) is 5.69 Å². The number of carbonyl (C=O) groups excluding carboxylic acids is 1. The molecule has 1 aromatic carbocycles. The van der Waals surface area contributed by atoms with Crippen molar-refractivity contribution in [1.82, 2.24) is 25.3 Å². The fourth-order valence-electron chi connectivity index (χ4n) is 4.41. The van der Waals surface area contributed by atoms with Gasteiger partial charge in [0.25, 0.3) is 5.91 Å². The van der Waals surface area contributed by atoms with Gasteiger partial charge in [0.05, 0.1) is 23.1 Å². The number of aromatic nitrogens is 2. The number of hydrogen-bond donors (Lipinski definition) is 2. The fourth-order valence-corrected chi connectivity index (χ4v) is 4.54. The van der Waals surface area contributed by atoms with Crippen LogP contribution in [0.5, 0.6) is 0 Å². The molecule has 0 bridgehead atoms. The summed E-state index contributed by atoms with van der Waals surface area (Å²) in [5.41, 5.74) is 2.66. The molecular formula is C22H30ClN5O. The number of likely N-dealkylation sites (tertiary alicyclic amines) is 1. The van der Waals surface area contributed by atoms with Crippen LogP contribution in [0, 0.1) is 0 Å². The molecule has 2 N–H and O–H groups in total. The molecule has 0 radical (unpaired) electrons. The van der Waals surface area contributed by atoms with Crippen molar-refractivity contribution >= 4 is 17.5 Å². The van der Waals surface area contributed by atoms with Crippen molar-refractivity contribution in [2.75, 3.05) is 39.3 Å². The minimum absolute atomic E-state index is 0.0178. The second-order valence-corrected chi connectivity index (χ2v) is 8.45. The molecule has 6 nitrogen and oxygen atoms in total. The van der Waals surface area contributed by atoms with Crippen molar-refractivity contribution in [3.63, 3.8) is 0 Å². The Labute approximate surface area is 177 Å². The van der Waals surface area contributed by atoms with Gasteiger partial charge in [0.1, 0.15) is 0 Å². The first-order valence-electron chi connectivity index (χ1n) is 10.8. The molecule has 2 fully saturated rings. The highest BCUT2D eigenvalue weighted by Crippen LogP contribution is 2.30. The molecule has 0 atom stereocenters. The van der Waals surface area contributed by atoms with Gasteiger partial charge in [-0.25, -0.2) is 4.68 Å². The summed E-state index contributed by atoms with van der Waals surface area (Å²) >= 11 is 6.06. The predicted octanol–water partition coefficient (Wildman–Crippen LogP) is 3.21. The van der Waals surface area contributed by atoms with E-state index in [4.69, 9.17) is 11.6 Å². The first kappa shape index (κ1) is 20.4. The molecule has 2 aromatic rings. The first-order valence-corrected chi connectivity index (χ1v) is 11.2. The van der Waals surface area contributed by atoms with E-state index in [0.29, 0.717) is 23.0 Å². The summed E-state index contributed by atoms with van der Waals surface area (Å²) in [7, 11) is 0. The van der Waals surface area contributed by atoms with Crippen LogP contribution in [-0.4, -0.2) is 59.9 Å². The Morgan fingerprint density at radius 2 is 1.86 bits per heavy atom. The Morgan fingerprint density at radius 1 is 1.14 bits per heavy atom. The van der Waals surface area contributed by atoms with Gasteiger partial charge in [0.15, 0.2) is 0 Å². The Hall–Kier alpha value is -1.89. The Kier molecular flexibility index (Phi) is 6.85. The van der Waals surface area contributed by atoms with Crippen LogP contribution in [0.1, 0.15) is 54.1 Å². The molecule has 0 unspecified atom stereocenters. The van der Waals surface area contributed by atoms with E-state index in [0.717, 1.165) is 56.9 Å². The molecule has 4 rings (SSSR count). The topological polar surface area (TPSA) is 62.2 Å². The second kappa shape index (κ2) is 9.74. The lowest BCUT2D eigenvalue weighted by molar-refractivity contribution is 0.0944. The molecule has 2 aliphatic rings. The van der Waals surface area contributed by atoms with Gasteiger partial charge in [-0.3, -0.25) is 4.79 Å². The highest BCUT2D eigenvalue weighted by molar-refractivity contribution is 6.30. The normalized spacial score (nSPS) is 18.7. The van der Waals surface area contributed by atoms with Gasteiger partial charge in [-0.1, -0.05) is 18.0 Å². The van der Waals surface area contributed by atoms with E-state index in [1.165, 1.54) is 19.3 Å². The maximum atomic E-state index is 13.0. The summed E-state index contributed by atoms with van der Waals surface area (Å²) in [6.07, 6.45) is 7.60. The molecule has 1 aromatic heterocycles. The SMILES string of the molecule is O=C(NCCN1CCCCC1)c1cnn(-c2ccc(Cl)cc2)c1C1CCNCC1. The predicted molar refractivity (Wildman–Crippen MR) is 116 cm³/mol. The summed E-state index contributed by atoms with van der Waals surface area (Å²) in [5, 5.41) is 11.8. The van der Waals surface area contributed by atoms with Gasteiger partial charge in [-0.15, -0.1) is 0 Å². The second-order valence-electron chi connectivity index (χ2n) is 8.01. The number of amides is 1. The zero-order valence-electron chi connectivity index (χ0n) is 16.9. The number of halogens is 1. The first-order chi connectivity index (χ1) is 14.2. The summed E-state index contributed by atoms with van der Waals surface area (Å²) < 4.78 is 1.92. The lowest BCUT2D eigenvalue weighted by atomic mass is 9.91. The van der Waals surface area contributed by atoms with E-state index >= 15 is 0 Å². The highest BCUT2D eigenvalue weighted by Gasteiger charge is 2.27. The highest BCUT2D eigenvalue weighted by atomic mass is 35.5. The third-order valence-corrected chi connectivity index (χ3v) is 6.26. The van der Waals surface area contributed by atoms with Crippen molar-refractivity contribution in [2.24, 2.45) is 0 Å². The number of piperidine rings is 2. The van der Waals surface area contributed by atoms with Crippen LogP contribution >= 0.6 is 11.6 Å². The van der Waals surface area contributed by atoms with Crippen LogP contribution in [0.3, 0.4) is 0 Å². The minimum atomic E-state index is -0.0178. The number of nitrogens with one attached hydrogen (secondary N) is 2. The van der Waals surface area contributed by atoms with Gasteiger partial charge in [-0.05, 0) is 76.1 Å². The van der Waals surface area contributed by atoms with Gasteiger partial charge in [-0.2, -0.15) is 5.10 Å². The van der Waals surface area contributed by atoms with E-state index in [-0.39, 0.29) is 5.91 Å². The molecule has 1 amide bonds. The van der Waals surface area contributed by atoms with Crippen molar-refractivity contribution in [1.29, 1.82) is 0 Å². The molecular weight excluding hydrogens is 386 g/mol. The molecule has 0 saturated carbocycles. The quantitative estimate of drug-likeness (QED) is 0.760. The average Bonchev–Trinajstić information content (AvgIpc) is 3.21. The Balaban J connectivity index is 1.52. The smallest absolute Gasteiger partial charge is 0.254 e. The number of carbonyl (C=O) groups is 1. The van der Waals surface area contributed by atoms with Crippen LogP contribution in [0.4, 0.5) is 0 Å². The maximum Gasteiger partial charge on any atom is 0.254 e. The van der Waals surface area contributed by atoms with E-state index in [1.807, 2.05) is 28.9 Å². The molecule has 2 aliphatic heterocycles. The lowest BCUT2D eigenvalue weighted by Crippen LogP contribution is -2.38. The molecule has 0 aliphatic carbocycles. The third kappa shape index (κ3) is 5.00. The Morgan fingerprint density at radius 3 is 2.59 bits per heavy atom. The lowest BCUT2D eigenvalue weighted by Gasteiger charge is -2.26. The van der Waals surface area contributed by atoms with Crippen LogP contribution < -0.4 is 10.6 Å². The molecule has 7 heteroatoms. The number of rotatable bonds is 6. The van der Waals surface area contributed by atoms with E-state index in [2.05, 4.69) is 20.6 Å². The van der Waals surface area contributed by atoms with E-state index in [1.54, 1.807) is 6.20 Å². The number of benzene rings is 1. The van der Waals surface area contributed by atoms with Crippen molar-refractivity contribution in [3.8, 4) is 5.69 Å². The van der Waals surface area contributed by atoms with Gasteiger partial charge >= 0.3 is 0 Å². The van der Waals surface area contributed by atoms with E-state index in [9.17, 15) is 4.79 Å². The molecule has 156 valence electrons. The summed E-state index contributed by atoms with van der Waals surface area (Å²) in [4.78, 5) is 15.5. The summed E-state index contributed by atoms with van der Waals surface area (Å²) in [6, 6.07) is 7.64. The standard InChI is InChI=1S/C22H30ClN5O/c23-18-4-6-19(7-5-18)28-21(17-8-10-24-11-9-17)20(16-26-28)22(29)25-12-15-27-13-2-1-3-14-27/h4-7,16-17,24H,1-3,8-15H2,(H,25,29). The largest absolute Gasteiger partial charge is 0.351 e. The van der Waals surface area contributed by atoms with E-state index < -0.39 is 0 Å². The van der Waals surface area contributed by atoms with Gasteiger partial charge < -0.3 is 15.5 Å². The third-order valence-electron chi connectivity index (χ3n) is 6.01. The molecule has 29 heavy (non-hydrogen) atoms. The van der Waals surface area contributed by atoms with Gasteiger partial charge in [0.2, 0.25) is 0 Å². The molecule has 3 heterocycles. The monoisotopic (exact) mass is 415 g/mol. The summed E-state index contributed by atoms with van der Waals surface area (Å²) in [5.74, 6) is 0.299. The average molecular weight is 416 g/mol. The van der Waals surface area contributed by atoms with Crippen LogP contribution in [0.2, 0.25) is 5.02 Å². The van der Waals surface area contributed by atoms with Crippen LogP contribution in [0.15, 0.2) is 30.5 Å². The summed E-state index contributed by atoms with van der Waals surface area (Å²) in [6.45, 7) is 5.81. The van der Waals surface area contributed by atoms with Gasteiger partial charge in [0, 0.05) is 24.0 Å². The fraction of sp³-hybridized carbons (Fsp3) is 0.545. The van der Waals surface area contributed by atoms with Crippen LogP contribution in [-0.2, 0) is 0 Å². The number of hydrogen-bond acceptors (Lipinski definition) is 4. The van der Waals surface area contributed by atoms with Crippen molar-refractivity contribution in [2.45, 2.75) is 38.0 Å². The maximum absolute atomic E-state index is 13.0. The zero-order valence-corrected chi connectivity index (χ0v) is 17.6. The zero-order chi connectivity index (χ0) is 20.1. The van der Waals surface area contributed by atoms with Crippen molar-refractivity contribution in [3.05, 3.63) is 46.7 Å².